The third-order valence-electron chi connectivity index (χ3n) is 3.17. The molecule has 0 aliphatic rings. The SMILES string of the molecule is CCC(CC)C(Cl)CNC(=O)COc1ccccc1. The zero-order chi connectivity index (χ0) is 14.1. The number of rotatable bonds is 8. The van der Waals surface area contributed by atoms with Gasteiger partial charge in [0.15, 0.2) is 6.61 Å². The first-order chi connectivity index (χ1) is 9.17. The van der Waals surface area contributed by atoms with E-state index >= 15 is 0 Å². The summed E-state index contributed by atoms with van der Waals surface area (Å²) >= 11 is 6.25. The summed E-state index contributed by atoms with van der Waals surface area (Å²) in [7, 11) is 0. The molecule has 1 amide bonds. The zero-order valence-electron chi connectivity index (χ0n) is 11.6. The quantitative estimate of drug-likeness (QED) is 0.744. The Hall–Kier alpha value is -1.22. The number of halogens is 1. The zero-order valence-corrected chi connectivity index (χ0v) is 12.3. The number of nitrogens with one attached hydrogen (secondary N) is 1. The van der Waals surface area contributed by atoms with E-state index in [1.807, 2.05) is 30.3 Å². The first-order valence-electron chi connectivity index (χ1n) is 6.76. The van der Waals surface area contributed by atoms with Gasteiger partial charge in [0, 0.05) is 6.54 Å². The normalized spacial score (nSPS) is 12.2. The number of carbonyl (C=O) groups is 1. The summed E-state index contributed by atoms with van der Waals surface area (Å²) in [6, 6.07) is 9.29. The van der Waals surface area contributed by atoms with Crippen LogP contribution in [0.2, 0.25) is 0 Å². The first-order valence-corrected chi connectivity index (χ1v) is 7.19. The highest BCUT2D eigenvalue weighted by molar-refractivity contribution is 6.21. The Morgan fingerprint density at radius 1 is 1.26 bits per heavy atom. The maximum Gasteiger partial charge on any atom is 0.257 e. The Morgan fingerprint density at radius 3 is 2.47 bits per heavy atom. The molecule has 0 aliphatic heterocycles. The Bertz CT molecular complexity index is 366. The molecule has 0 spiro atoms. The fourth-order valence-electron chi connectivity index (χ4n) is 1.89. The molecular formula is C15H22ClNO2. The molecule has 0 saturated carbocycles. The van der Waals surface area contributed by atoms with Gasteiger partial charge in [-0.25, -0.2) is 0 Å². The Labute approximate surface area is 120 Å². The highest BCUT2D eigenvalue weighted by Gasteiger charge is 2.16. The van der Waals surface area contributed by atoms with E-state index in [-0.39, 0.29) is 17.9 Å². The van der Waals surface area contributed by atoms with Crippen LogP contribution in [0.5, 0.6) is 5.75 Å². The number of benzene rings is 1. The predicted molar refractivity (Wildman–Crippen MR) is 78.7 cm³/mol. The van der Waals surface area contributed by atoms with E-state index in [1.165, 1.54) is 0 Å². The van der Waals surface area contributed by atoms with Crippen molar-refractivity contribution >= 4 is 17.5 Å². The van der Waals surface area contributed by atoms with Gasteiger partial charge in [0.05, 0.1) is 5.38 Å². The van der Waals surface area contributed by atoms with Crippen LogP contribution in [0.4, 0.5) is 0 Å². The van der Waals surface area contributed by atoms with Gasteiger partial charge in [0.1, 0.15) is 5.75 Å². The van der Waals surface area contributed by atoms with Gasteiger partial charge in [0.2, 0.25) is 0 Å². The molecule has 1 unspecified atom stereocenters. The highest BCUT2D eigenvalue weighted by atomic mass is 35.5. The van der Waals surface area contributed by atoms with Crippen LogP contribution in [-0.4, -0.2) is 24.4 Å². The van der Waals surface area contributed by atoms with Crippen LogP contribution in [0.3, 0.4) is 0 Å². The molecule has 4 heteroatoms. The monoisotopic (exact) mass is 283 g/mol. The number of hydrogen-bond acceptors (Lipinski definition) is 2. The van der Waals surface area contributed by atoms with Crippen LogP contribution < -0.4 is 10.1 Å². The molecule has 1 aromatic carbocycles. The Balaban J connectivity index is 2.24. The lowest BCUT2D eigenvalue weighted by molar-refractivity contribution is -0.123. The van der Waals surface area contributed by atoms with Crippen molar-refractivity contribution in [1.82, 2.24) is 5.32 Å². The maximum absolute atomic E-state index is 11.6. The van der Waals surface area contributed by atoms with Gasteiger partial charge < -0.3 is 10.1 Å². The van der Waals surface area contributed by atoms with Crippen LogP contribution in [0, 0.1) is 5.92 Å². The maximum atomic E-state index is 11.6. The Morgan fingerprint density at radius 2 is 1.89 bits per heavy atom. The van der Waals surface area contributed by atoms with Crippen molar-refractivity contribution in [3.63, 3.8) is 0 Å². The summed E-state index contributed by atoms with van der Waals surface area (Å²) in [5.41, 5.74) is 0. The second-order valence-electron chi connectivity index (χ2n) is 4.50. The van der Waals surface area contributed by atoms with Crippen molar-refractivity contribution in [2.24, 2.45) is 5.92 Å². The van der Waals surface area contributed by atoms with E-state index in [1.54, 1.807) is 0 Å². The van der Waals surface area contributed by atoms with E-state index in [9.17, 15) is 4.79 Å². The fourth-order valence-corrected chi connectivity index (χ4v) is 2.33. The minimum Gasteiger partial charge on any atom is -0.484 e. The molecule has 0 aromatic heterocycles. The molecule has 0 saturated heterocycles. The second kappa shape index (κ2) is 8.81. The summed E-state index contributed by atoms with van der Waals surface area (Å²) in [6.07, 6.45) is 2.06. The third kappa shape index (κ3) is 5.97. The topological polar surface area (TPSA) is 38.3 Å². The van der Waals surface area contributed by atoms with E-state index in [2.05, 4.69) is 19.2 Å². The van der Waals surface area contributed by atoms with Crippen LogP contribution in [0.25, 0.3) is 0 Å². The van der Waals surface area contributed by atoms with Gasteiger partial charge in [0.25, 0.3) is 5.91 Å². The number of amides is 1. The van der Waals surface area contributed by atoms with Gasteiger partial charge in [-0.05, 0) is 18.1 Å². The summed E-state index contributed by atoms with van der Waals surface area (Å²) in [5, 5.41) is 2.79. The smallest absolute Gasteiger partial charge is 0.257 e. The molecule has 1 N–H and O–H groups in total. The molecule has 1 aromatic rings. The molecule has 0 fully saturated rings. The lowest BCUT2D eigenvalue weighted by Crippen LogP contribution is -2.36. The molecule has 0 heterocycles. The average molecular weight is 284 g/mol. The first kappa shape index (κ1) is 15.8. The van der Waals surface area contributed by atoms with Crippen LogP contribution in [0.15, 0.2) is 30.3 Å². The van der Waals surface area contributed by atoms with Gasteiger partial charge in [-0.1, -0.05) is 44.9 Å². The summed E-state index contributed by atoms with van der Waals surface area (Å²) in [5.74, 6) is 0.998. The number of hydrogen-bond donors (Lipinski definition) is 1. The average Bonchev–Trinajstić information content (AvgIpc) is 2.45. The molecular weight excluding hydrogens is 262 g/mol. The molecule has 106 valence electrons. The molecule has 3 nitrogen and oxygen atoms in total. The van der Waals surface area contributed by atoms with Crippen LogP contribution in [-0.2, 0) is 4.79 Å². The predicted octanol–water partition coefficient (Wildman–Crippen LogP) is 3.23. The standard InChI is InChI=1S/C15H22ClNO2/c1-3-12(4-2)14(16)10-17-15(18)11-19-13-8-6-5-7-9-13/h5-9,12,14H,3-4,10-11H2,1-2H3,(H,17,18). The summed E-state index contributed by atoms with van der Waals surface area (Å²) in [4.78, 5) is 11.6. The lowest BCUT2D eigenvalue weighted by atomic mass is 9.99. The lowest BCUT2D eigenvalue weighted by Gasteiger charge is -2.19. The van der Waals surface area contributed by atoms with Crippen molar-refractivity contribution in [3.05, 3.63) is 30.3 Å². The van der Waals surface area contributed by atoms with Crippen LogP contribution in [0.1, 0.15) is 26.7 Å². The van der Waals surface area contributed by atoms with Gasteiger partial charge in [-0.15, -0.1) is 11.6 Å². The third-order valence-corrected chi connectivity index (χ3v) is 3.68. The number of para-hydroxylation sites is 1. The van der Waals surface area contributed by atoms with Crippen LogP contribution >= 0.6 is 11.6 Å². The van der Waals surface area contributed by atoms with E-state index in [0.29, 0.717) is 18.2 Å². The Kier molecular flexibility index (Phi) is 7.34. The van der Waals surface area contributed by atoms with Crippen molar-refractivity contribution in [2.75, 3.05) is 13.2 Å². The van der Waals surface area contributed by atoms with E-state index in [0.717, 1.165) is 12.8 Å². The second-order valence-corrected chi connectivity index (χ2v) is 5.06. The summed E-state index contributed by atoms with van der Waals surface area (Å²) < 4.78 is 5.36. The molecule has 1 rings (SSSR count). The highest BCUT2D eigenvalue weighted by Crippen LogP contribution is 2.17. The van der Waals surface area contributed by atoms with Crippen molar-refractivity contribution in [1.29, 1.82) is 0 Å². The van der Waals surface area contributed by atoms with Crippen molar-refractivity contribution < 1.29 is 9.53 Å². The number of alkyl halides is 1. The number of carbonyl (C=O) groups excluding carboxylic acids is 1. The number of ether oxygens (including phenoxy) is 1. The molecule has 0 bridgehead atoms. The minimum absolute atomic E-state index is 0.0179. The van der Waals surface area contributed by atoms with Gasteiger partial charge in [-0.3, -0.25) is 4.79 Å². The molecule has 0 radical (unpaired) electrons. The van der Waals surface area contributed by atoms with Crippen molar-refractivity contribution in [2.45, 2.75) is 32.1 Å². The van der Waals surface area contributed by atoms with E-state index < -0.39 is 0 Å². The van der Waals surface area contributed by atoms with Gasteiger partial charge in [-0.2, -0.15) is 0 Å². The molecule has 0 aliphatic carbocycles. The molecule has 19 heavy (non-hydrogen) atoms. The molecule has 1 atom stereocenters. The fraction of sp³-hybridized carbons (Fsp3) is 0.533. The minimum atomic E-state index is -0.138. The van der Waals surface area contributed by atoms with Gasteiger partial charge >= 0.3 is 0 Å². The summed E-state index contributed by atoms with van der Waals surface area (Å²) in [6.45, 7) is 4.75. The largest absolute Gasteiger partial charge is 0.484 e. The van der Waals surface area contributed by atoms with Crippen molar-refractivity contribution in [3.8, 4) is 5.75 Å². The van der Waals surface area contributed by atoms with E-state index in [4.69, 9.17) is 16.3 Å².